The average molecular weight is 330 g/mol. The maximum atomic E-state index is 12.3. The molecular formula is C16H30N2O3S. The van der Waals surface area contributed by atoms with Crippen molar-refractivity contribution in [1.29, 1.82) is 0 Å². The third kappa shape index (κ3) is 4.69. The molecule has 2 aliphatic carbocycles. The third-order valence-electron chi connectivity index (χ3n) is 5.53. The van der Waals surface area contributed by atoms with Gasteiger partial charge in [0.2, 0.25) is 5.91 Å². The minimum Gasteiger partial charge on any atom is -0.353 e. The fourth-order valence-electron chi connectivity index (χ4n) is 4.01. The standard InChI is InChI=1S/C16H30N2O3S/c1-22(20,21)14-7-5-13(6-8-14)18-15(19)11-16(12-17)9-3-2-4-10-16/h13-14H,2-12,17H2,1H3,(H,18,19). The van der Waals surface area contributed by atoms with E-state index in [0.29, 0.717) is 25.8 Å². The van der Waals surface area contributed by atoms with Crippen molar-refractivity contribution >= 4 is 15.7 Å². The van der Waals surface area contributed by atoms with E-state index < -0.39 is 9.84 Å². The zero-order chi connectivity index (χ0) is 16.2. The van der Waals surface area contributed by atoms with E-state index in [1.807, 2.05) is 0 Å². The van der Waals surface area contributed by atoms with Crippen LogP contribution >= 0.6 is 0 Å². The molecule has 0 saturated heterocycles. The highest BCUT2D eigenvalue weighted by molar-refractivity contribution is 7.91. The second-order valence-electron chi connectivity index (χ2n) is 7.31. The van der Waals surface area contributed by atoms with Gasteiger partial charge in [0.25, 0.3) is 0 Å². The quantitative estimate of drug-likeness (QED) is 0.804. The maximum absolute atomic E-state index is 12.3. The molecule has 0 aromatic heterocycles. The summed E-state index contributed by atoms with van der Waals surface area (Å²) in [7, 11) is -2.94. The highest BCUT2D eigenvalue weighted by atomic mass is 32.2. The van der Waals surface area contributed by atoms with E-state index in [4.69, 9.17) is 5.73 Å². The summed E-state index contributed by atoms with van der Waals surface area (Å²) in [5, 5.41) is 2.88. The Morgan fingerprint density at radius 1 is 1.14 bits per heavy atom. The summed E-state index contributed by atoms with van der Waals surface area (Å²) in [6, 6.07) is 0.129. The van der Waals surface area contributed by atoms with E-state index in [1.54, 1.807) is 0 Å². The van der Waals surface area contributed by atoms with Gasteiger partial charge in [0, 0.05) is 18.7 Å². The highest BCUT2D eigenvalue weighted by Gasteiger charge is 2.34. The molecule has 0 heterocycles. The van der Waals surface area contributed by atoms with Crippen molar-refractivity contribution in [2.75, 3.05) is 12.8 Å². The number of carbonyl (C=O) groups excluding carboxylic acids is 1. The van der Waals surface area contributed by atoms with Gasteiger partial charge in [-0.05, 0) is 50.5 Å². The Morgan fingerprint density at radius 3 is 2.23 bits per heavy atom. The summed E-state index contributed by atoms with van der Waals surface area (Å²) in [6.07, 6.45) is 10.4. The van der Waals surface area contributed by atoms with Gasteiger partial charge in [0.05, 0.1) is 5.25 Å². The summed E-state index contributed by atoms with van der Waals surface area (Å²) in [5.41, 5.74) is 5.93. The minimum atomic E-state index is -2.94. The maximum Gasteiger partial charge on any atom is 0.220 e. The van der Waals surface area contributed by atoms with Crippen LogP contribution in [0.5, 0.6) is 0 Å². The Kier molecular flexibility index (Phi) is 5.88. The predicted octanol–water partition coefficient (Wildman–Crippen LogP) is 1.76. The lowest BCUT2D eigenvalue weighted by atomic mass is 9.71. The Balaban J connectivity index is 1.80. The second-order valence-corrected chi connectivity index (χ2v) is 9.64. The van der Waals surface area contributed by atoms with Crippen LogP contribution < -0.4 is 11.1 Å². The molecule has 6 heteroatoms. The fourth-order valence-corrected chi connectivity index (χ4v) is 5.14. The lowest BCUT2D eigenvalue weighted by Gasteiger charge is -2.36. The SMILES string of the molecule is CS(=O)(=O)C1CCC(NC(=O)CC2(CN)CCCCC2)CC1. The van der Waals surface area contributed by atoms with Crippen LogP contribution in [0.25, 0.3) is 0 Å². The van der Waals surface area contributed by atoms with E-state index in [9.17, 15) is 13.2 Å². The van der Waals surface area contributed by atoms with Gasteiger partial charge >= 0.3 is 0 Å². The lowest BCUT2D eigenvalue weighted by Crippen LogP contribution is -2.44. The van der Waals surface area contributed by atoms with Crippen LogP contribution in [-0.2, 0) is 14.6 Å². The Labute approximate surface area is 134 Å². The monoisotopic (exact) mass is 330 g/mol. The molecule has 2 rings (SSSR count). The van der Waals surface area contributed by atoms with Crippen LogP contribution in [0.2, 0.25) is 0 Å². The van der Waals surface area contributed by atoms with Crippen LogP contribution in [0.4, 0.5) is 0 Å². The van der Waals surface area contributed by atoms with Crippen LogP contribution in [0.15, 0.2) is 0 Å². The van der Waals surface area contributed by atoms with Crippen LogP contribution in [-0.4, -0.2) is 38.4 Å². The van der Waals surface area contributed by atoms with Crippen LogP contribution in [0.1, 0.15) is 64.2 Å². The van der Waals surface area contributed by atoms with Gasteiger partial charge in [-0.3, -0.25) is 4.79 Å². The molecule has 0 aromatic carbocycles. The van der Waals surface area contributed by atoms with Gasteiger partial charge in [0.1, 0.15) is 9.84 Å². The van der Waals surface area contributed by atoms with Crippen molar-refractivity contribution in [2.24, 2.45) is 11.1 Å². The van der Waals surface area contributed by atoms with Crippen LogP contribution in [0.3, 0.4) is 0 Å². The molecule has 0 aliphatic heterocycles. The van der Waals surface area contributed by atoms with Gasteiger partial charge in [0.15, 0.2) is 0 Å². The first-order valence-electron chi connectivity index (χ1n) is 8.53. The molecule has 3 N–H and O–H groups in total. The number of amides is 1. The van der Waals surface area contributed by atoms with Gasteiger partial charge in [-0.15, -0.1) is 0 Å². The van der Waals surface area contributed by atoms with Gasteiger partial charge in [-0.2, -0.15) is 0 Å². The molecule has 0 spiro atoms. The van der Waals surface area contributed by atoms with Gasteiger partial charge in [-0.25, -0.2) is 8.42 Å². The molecule has 5 nitrogen and oxygen atoms in total. The molecule has 0 bridgehead atoms. The first-order valence-corrected chi connectivity index (χ1v) is 10.5. The first kappa shape index (κ1) is 17.7. The van der Waals surface area contributed by atoms with Crippen molar-refractivity contribution in [3.63, 3.8) is 0 Å². The van der Waals surface area contributed by atoms with Crippen molar-refractivity contribution in [2.45, 2.75) is 75.5 Å². The summed E-state index contributed by atoms with van der Waals surface area (Å²) < 4.78 is 23.1. The third-order valence-corrected chi connectivity index (χ3v) is 7.21. The Hall–Kier alpha value is -0.620. The van der Waals surface area contributed by atoms with Gasteiger partial charge in [-0.1, -0.05) is 19.3 Å². The number of rotatable bonds is 5. The van der Waals surface area contributed by atoms with Crippen LogP contribution in [0, 0.1) is 5.41 Å². The molecular weight excluding hydrogens is 300 g/mol. The van der Waals surface area contributed by atoms with E-state index in [1.165, 1.54) is 25.5 Å². The largest absolute Gasteiger partial charge is 0.353 e. The summed E-state index contributed by atoms with van der Waals surface area (Å²) in [6.45, 7) is 0.585. The molecule has 0 aromatic rings. The zero-order valence-electron chi connectivity index (χ0n) is 13.6. The van der Waals surface area contributed by atoms with E-state index in [0.717, 1.165) is 25.7 Å². The number of nitrogens with two attached hydrogens (primary N) is 1. The fraction of sp³-hybridized carbons (Fsp3) is 0.938. The van der Waals surface area contributed by atoms with Crippen molar-refractivity contribution < 1.29 is 13.2 Å². The number of sulfone groups is 1. The van der Waals surface area contributed by atoms with E-state index >= 15 is 0 Å². The number of hydrogen-bond donors (Lipinski definition) is 2. The molecule has 2 aliphatic rings. The van der Waals surface area contributed by atoms with Crippen molar-refractivity contribution in [3.05, 3.63) is 0 Å². The molecule has 2 saturated carbocycles. The average Bonchev–Trinajstić information content (AvgIpc) is 2.47. The second kappa shape index (κ2) is 7.30. The lowest BCUT2D eigenvalue weighted by molar-refractivity contribution is -0.124. The molecule has 128 valence electrons. The number of carbonyl (C=O) groups is 1. The van der Waals surface area contributed by atoms with E-state index in [2.05, 4.69) is 5.32 Å². The zero-order valence-corrected chi connectivity index (χ0v) is 14.5. The molecule has 0 unspecified atom stereocenters. The van der Waals surface area contributed by atoms with E-state index in [-0.39, 0.29) is 22.6 Å². The summed E-state index contributed by atoms with van der Waals surface area (Å²) in [4.78, 5) is 12.3. The first-order chi connectivity index (χ1) is 10.3. The minimum absolute atomic E-state index is 0.00765. The topological polar surface area (TPSA) is 89.3 Å². The Bertz CT molecular complexity index is 476. The molecule has 0 atom stereocenters. The molecule has 22 heavy (non-hydrogen) atoms. The molecule has 2 fully saturated rings. The molecule has 1 amide bonds. The predicted molar refractivity (Wildman–Crippen MR) is 88.2 cm³/mol. The smallest absolute Gasteiger partial charge is 0.220 e. The Morgan fingerprint density at radius 2 is 1.73 bits per heavy atom. The van der Waals surface area contributed by atoms with Gasteiger partial charge < -0.3 is 11.1 Å². The van der Waals surface area contributed by atoms with Crippen molar-refractivity contribution in [1.82, 2.24) is 5.32 Å². The van der Waals surface area contributed by atoms with Crippen molar-refractivity contribution in [3.8, 4) is 0 Å². The number of nitrogens with one attached hydrogen (secondary N) is 1. The number of hydrogen-bond acceptors (Lipinski definition) is 4. The molecule has 0 radical (unpaired) electrons. The highest BCUT2D eigenvalue weighted by Crippen LogP contribution is 2.38. The summed E-state index contributed by atoms with van der Waals surface area (Å²) in [5.74, 6) is 0.0927. The summed E-state index contributed by atoms with van der Waals surface area (Å²) >= 11 is 0. The normalized spacial score (nSPS) is 29.0.